The number of hydrogen-bond acceptors (Lipinski definition) is 9. The van der Waals surface area contributed by atoms with E-state index in [0.29, 0.717) is 55.3 Å². The van der Waals surface area contributed by atoms with Crippen LogP contribution in [0.2, 0.25) is 0 Å². The van der Waals surface area contributed by atoms with Crippen LogP contribution < -0.4 is 9.62 Å². The van der Waals surface area contributed by atoms with E-state index in [9.17, 15) is 27.9 Å². The Bertz CT molecular complexity index is 1520. The van der Waals surface area contributed by atoms with Gasteiger partial charge in [0.05, 0.1) is 17.5 Å². The van der Waals surface area contributed by atoms with E-state index in [-0.39, 0.29) is 11.8 Å². The Labute approximate surface area is 254 Å². The SMILES string of the molecule is CS(=O)(=O)NCCN1CCC(CN(C(=O)O)c2ccccc2-c2nc(Cc3ccccc3)no2)CC1.O=C(O)/C=C\C(=O)O. The molecule has 3 aromatic rings. The van der Waals surface area contributed by atoms with Gasteiger partial charge in [0.1, 0.15) is 0 Å². The van der Waals surface area contributed by atoms with Crippen LogP contribution in [0.1, 0.15) is 24.2 Å². The summed E-state index contributed by atoms with van der Waals surface area (Å²) in [7, 11) is -3.20. The van der Waals surface area contributed by atoms with Gasteiger partial charge in [-0.15, -0.1) is 0 Å². The molecule has 1 saturated heterocycles. The van der Waals surface area contributed by atoms with Crippen LogP contribution in [0.5, 0.6) is 0 Å². The van der Waals surface area contributed by atoms with E-state index in [1.54, 1.807) is 18.2 Å². The van der Waals surface area contributed by atoms with Crippen molar-refractivity contribution in [3.05, 3.63) is 78.1 Å². The predicted octanol–water partition coefficient (Wildman–Crippen LogP) is 2.78. The van der Waals surface area contributed by atoms with Crippen LogP contribution in [0.3, 0.4) is 0 Å². The fourth-order valence-electron chi connectivity index (χ4n) is 4.57. The predicted molar refractivity (Wildman–Crippen MR) is 161 cm³/mol. The number of hydrogen-bond donors (Lipinski definition) is 4. The zero-order valence-electron chi connectivity index (χ0n) is 24.1. The minimum Gasteiger partial charge on any atom is -0.478 e. The largest absolute Gasteiger partial charge is 0.478 e. The minimum absolute atomic E-state index is 0.185. The highest BCUT2D eigenvalue weighted by atomic mass is 32.2. The standard InChI is InChI=1S/C25H31N5O5S.C4H4O4/c1-36(33,34)26-13-16-29-14-11-20(12-15-29)18-30(25(31)32)22-10-6-5-9-21(22)24-27-23(28-35-24)17-19-7-3-2-4-8-19;5-3(6)1-2-4(7)8/h2-10,20,26H,11-18H2,1H3,(H,31,32);1-2H,(H,5,6)(H,7,8)/b;2-1-. The number of para-hydroxylation sites is 1. The molecule has 0 saturated carbocycles. The van der Waals surface area contributed by atoms with E-state index < -0.39 is 28.1 Å². The number of piperidine rings is 1. The van der Waals surface area contributed by atoms with Gasteiger partial charge in [0.25, 0.3) is 5.89 Å². The van der Waals surface area contributed by atoms with Crippen molar-refractivity contribution in [3.8, 4) is 11.5 Å². The Balaban J connectivity index is 0.000000583. The maximum Gasteiger partial charge on any atom is 0.411 e. The first-order chi connectivity index (χ1) is 20.9. The number of carboxylic acid groups (broad SMARTS) is 3. The Hall–Kier alpha value is -4.60. The Kier molecular flexibility index (Phi) is 12.6. The summed E-state index contributed by atoms with van der Waals surface area (Å²) >= 11 is 0. The monoisotopic (exact) mass is 629 g/mol. The smallest absolute Gasteiger partial charge is 0.411 e. The third-order valence-corrected chi connectivity index (χ3v) is 7.37. The lowest BCUT2D eigenvalue weighted by Crippen LogP contribution is -2.43. The molecule has 0 aliphatic carbocycles. The molecule has 1 aliphatic heterocycles. The fourth-order valence-corrected chi connectivity index (χ4v) is 5.03. The van der Waals surface area contributed by atoms with Crippen molar-refractivity contribution in [3.63, 3.8) is 0 Å². The minimum atomic E-state index is -3.20. The maximum absolute atomic E-state index is 12.3. The molecule has 14 nitrogen and oxygen atoms in total. The van der Waals surface area contributed by atoms with E-state index >= 15 is 0 Å². The van der Waals surface area contributed by atoms with Gasteiger partial charge < -0.3 is 24.7 Å². The number of carbonyl (C=O) groups is 3. The molecular weight excluding hydrogens is 594 g/mol. The summed E-state index contributed by atoms with van der Waals surface area (Å²) in [4.78, 5) is 39.5. The number of carboxylic acids is 2. The van der Waals surface area contributed by atoms with Crippen molar-refractivity contribution >= 4 is 33.7 Å². The molecule has 4 rings (SSSR count). The fraction of sp³-hybridized carbons (Fsp3) is 0.345. The summed E-state index contributed by atoms with van der Waals surface area (Å²) < 4.78 is 30.5. The molecule has 0 spiro atoms. The van der Waals surface area contributed by atoms with Gasteiger partial charge in [-0.1, -0.05) is 47.6 Å². The van der Waals surface area contributed by atoms with Gasteiger partial charge in [0, 0.05) is 38.2 Å². The molecule has 2 heterocycles. The van der Waals surface area contributed by atoms with E-state index in [1.165, 1.54) is 4.90 Å². The van der Waals surface area contributed by atoms with E-state index in [0.717, 1.165) is 37.8 Å². The topological polar surface area (TPSA) is 203 Å². The quantitative estimate of drug-likeness (QED) is 0.214. The summed E-state index contributed by atoms with van der Waals surface area (Å²) in [5.41, 5.74) is 2.15. The average molecular weight is 630 g/mol. The van der Waals surface area contributed by atoms with Crippen LogP contribution in [-0.2, 0) is 26.0 Å². The van der Waals surface area contributed by atoms with Crippen LogP contribution in [0.15, 0.2) is 71.3 Å². The van der Waals surface area contributed by atoms with E-state index in [4.69, 9.17) is 14.7 Å². The maximum atomic E-state index is 12.3. The van der Waals surface area contributed by atoms with Crippen LogP contribution in [0.4, 0.5) is 10.5 Å². The summed E-state index contributed by atoms with van der Waals surface area (Å²) in [5.74, 6) is -1.51. The first kappa shape index (κ1) is 33.9. The normalized spacial score (nSPS) is 14.1. The van der Waals surface area contributed by atoms with Gasteiger partial charge in [-0.3, -0.25) is 4.90 Å². The van der Waals surface area contributed by atoms with Crippen LogP contribution in [0.25, 0.3) is 11.5 Å². The van der Waals surface area contributed by atoms with Crippen LogP contribution in [0, 0.1) is 5.92 Å². The molecular formula is C29H35N5O9S. The van der Waals surface area contributed by atoms with Gasteiger partial charge in [0.15, 0.2) is 5.82 Å². The molecule has 1 fully saturated rings. The molecule has 1 amide bonds. The molecule has 0 radical (unpaired) electrons. The number of sulfonamides is 1. The third kappa shape index (κ3) is 11.6. The Morgan fingerprint density at radius 3 is 2.20 bits per heavy atom. The van der Waals surface area contributed by atoms with Crippen LogP contribution >= 0.6 is 0 Å². The van der Waals surface area contributed by atoms with E-state index in [2.05, 4.69) is 19.8 Å². The van der Waals surface area contributed by atoms with Crippen molar-refractivity contribution in [2.45, 2.75) is 19.3 Å². The zero-order chi connectivity index (χ0) is 32.1. The van der Waals surface area contributed by atoms with Gasteiger partial charge in [-0.25, -0.2) is 27.5 Å². The van der Waals surface area contributed by atoms with Crippen LogP contribution in [-0.4, -0.2) is 95.8 Å². The number of nitrogens with zero attached hydrogens (tertiary/aromatic N) is 4. The molecule has 2 aromatic carbocycles. The lowest BCUT2D eigenvalue weighted by Gasteiger charge is -2.34. The summed E-state index contributed by atoms with van der Waals surface area (Å²) in [5, 5.41) is 29.8. The third-order valence-electron chi connectivity index (χ3n) is 6.64. The first-order valence-electron chi connectivity index (χ1n) is 13.7. The molecule has 1 aliphatic rings. The number of aromatic nitrogens is 2. The number of amides is 1. The number of nitrogens with one attached hydrogen (secondary N) is 1. The number of likely N-dealkylation sites (tertiary alicyclic amines) is 1. The number of aliphatic carboxylic acids is 2. The molecule has 0 bridgehead atoms. The summed E-state index contributed by atoms with van der Waals surface area (Å²) in [6, 6.07) is 17.0. The van der Waals surface area contributed by atoms with Gasteiger partial charge in [-0.05, 0) is 49.5 Å². The molecule has 236 valence electrons. The second-order valence-corrected chi connectivity index (χ2v) is 11.9. The van der Waals surface area contributed by atoms with Crippen molar-refractivity contribution in [1.82, 2.24) is 19.8 Å². The molecule has 44 heavy (non-hydrogen) atoms. The molecule has 4 N–H and O–H groups in total. The highest BCUT2D eigenvalue weighted by Gasteiger charge is 2.27. The van der Waals surface area contributed by atoms with E-state index in [1.807, 2.05) is 36.4 Å². The van der Waals surface area contributed by atoms with Gasteiger partial charge in [0.2, 0.25) is 10.0 Å². The van der Waals surface area contributed by atoms with Crippen molar-refractivity contribution in [2.75, 3.05) is 43.9 Å². The second kappa shape index (κ2) is 16.3. The highest BCUT2D eigenvalue weighted by Crippen LogP contribution is 2.32. The Morgan fingerprint density at radius 2 is 1.61 bits per heavy atom. The second-order valence-electron chi connectivity index (χ2n) is 10.0. The first-order valence-corrected chi connectivity index (χ1v) is 15.6. The lowest BCUT2D eigenvalue weighted by atomic mass is 9.95. The lowest BCUT2D eigenvalue weighted by molar-refractivity contribution is -0.134. The summed E-state index contributed by atoms with van der Waals surface area (Å²) in [6.45, 7) is 2.94. The molecule has 0 unspecified atom stereocenters. The van der Waals surface area contributed by atoms with Crippen molar-refractivity contribution in [1.29, 1.82) is 0 Å². The van der Waals surface area contributed by atoms with Crippen molar-refractivity contribution < 1.29 is 42.6 Å². The zero-order valence-corrected chi connectivity index (χ0v) is 24.9. The highest BCUT2D eigenvalue weighted by molar-refractivity contribution is 7.88. The molecule has 1 aromatic heterocycles. The van der Waals surface area contributed by atoms with Gasteiger partial charge >= 0.3 is 18.0 Å². The number of anilines is 1. The summed E-state index contributed by atoms with van der Waals surface area (Å²) in [6.07, 6.45) is 3.40. The number of rotatable bonds is 12. The molecule has 0 atom stereocenters. The average Bonchev–Trinajstić information content (AvgIpc) is 3.44. The molecule has 15 heteroatoms. The Morgan fingerprint density at radius 1 is 1.00 bits per heavy atom. The van der Waals surface area contributed by atoms with Gasteiger partial charge in [-0.2, -0.15) is 4.98 Å². The number of benzene rings is 2. The van der Waals surface area contributed by atoms with Crippen molar-refractivity contribution in [2.24, 2.45) is 5.92 Å².